The van der Waals surface area contributed by atoms with Crippen molar-refractivity contribution in [1.29, 1.82) is 0 Å². The Morgan fingerprint density at radius 3 is 1.29 bits per heavy atom. The maximum Gasteiger partial charge on any atom is 0.246 e. The van der Waals surface area contributed by atoms with Crippen LogP contribution in [0.5, 0.6) is 0 Å². The minimum atomic E-state index is -0.0112. The molecule has 1 aliphatic rings. The molecule has 0 aliphatic carbocycles. The maximum absolute atomic E-state index is 12.4. The summed E-state index contributed by atoms with van der Waals surface area (Å²) in [6.45, 7) is 6.30. The number of carbonyl (C=O) groups is 2. The molecule has 1 aliphatic heterocycles. The third-order valence-electron chi connectivity index (χ3n) is 4.89. The van der Waals surface area contributed by atoms with E-state index in [0.29, 0.717) is 26.2 Å². The first-order valence-corrected chi connectivity index (χ1v) is 9.58. The lowest BCUT2D eigenvalue weighted by Crippen LogP contribution is -2.49. The molecule has 2 aromatic carbocycles. The molecule has 0 saturated carbocycles. The molecule has 0 radical (unpaired) electrons. The number of hydrogen-bond donors (Lipinski definition) is 0. The number of benzene rings is 2. The largest absolute Gasteiger partial charge is 0.336 e. The van der Waals surface area contributed by atoms with Crippen LogP contribution in [0.2, 0.25) is 0 Å². The van der Waals surface area contributed by atoms with Crippen LogP contribution in [0.15, 0.2) is 60.7 Å². The number of aryl methyl sites for hydroxylation is 2. The van der Waals surface area contributed by atoms with Crippen molar-refractivity contribution >= 4 is 24.0 Å². The predicted octanol–water partition coefficient (Wildman–Crippen LogP) is 3.70. The van der Waals surface area contributed by atoms with Crippen LogP contribution in [0.25, 0.3) is 12.2 Å². The summed E-state index contributed by atoms with van der Waals surface area (Å²) in [7, 11) is 0. The molecule has 0 unspecified atom stereocenters. The van der Waals surface area contributed by atoms with E-state index in [0.717, 1.165) is 11.1 Å². The molecule has 144 valence electrons. The first-order chi connectivity index (χ1) is 13.5. The first kappa shape index (κ1) is 19.6. The summed E-state index contributed by atoms with van der Waals surface area (Å²) in [5, 5.41) is 0. The summed E-state index contributed by atoms with van der Waals surface area (Å²) in [5.41, 5.74) is 4.41. The lowest BCUT2D eigenvalue weighted by Gasteiger charge is -2.33. The molecule has 0 bridgehead atoms. The smallest absolute Gasteiger partial charge is 0.246 e. The average Bonchev–Trinajstić information content (AvgIpc) is 2.72. The van der Waals surface area contributed by atoms with Crippen molar-refractivity contribution in [2.45, 2.75) is 13.8 Å². The number of hydrogen-bond acceptors (Lipinski definition) is 2. The van der Waals surface area contributed by atoms with Crippen LogP contribution in [0, 0.1) is 13.8 Å². The van der Waals surface area contributed by atoms with Gasteiger partial charge in [-0.3, -0.25) is 9.59 Å². The monoisotopic (exact) mass is 374 g/mol. The number of rotatable bonds is 4. The van der Waals surface area contributed by atoms with E-state index in [-0.39, 0.29) is 11.8 Å². The molecule has 4 heteroatoms. The van der Waals surface area contributed by atoms with Crippen LogP contribution in [0.3, 0.4) is 0 Å². The van der Waals surface area contributed by atoms with Gasteiger partial charge in [0.15, 0.2) is 0 Å². The highest BCUT2D eigenvalue weighted by Gasteiger charge is 2.21. The second-order valence-electron chi connectivity index (χ2n) is 7.14. The van der Waals surface area contributed by atoms with E-state index in [1.54, 1.807) is 22.0 Å². The Morgan fingerprint density at radius 1 is 0.643 bits per heavy atom. The van der Waals surface area contributed by atoms with E-state index < -0.39 is 0 Å². The van der Waals surface area contributed by atoms with Gasteiger partial charge in [0.1, 0.15) is 0 Å². The third kappa shape index (κ3) is 5.43. The second kappa shape index (κ2) is 9.18. The first-order valence-electron chi connectivity index (χ1n) is 9.58. The van der Waals surface area contributed by atoms with E-state index in [9.17, 15) is 9.59 Å². The van der Waals surface area contributed by atoms with Gasteiger partial charge in [0.2, 0.25) is 11.8 Å². The lowest BCUT2D eigenvalue weighted by molar-refractivity contribution is -0.133. The second-order valence-corrected chi connectivity index (χ2v) is 7.14. The SMILES string of the molecule is Cc1ccc(C=CC(=O)N2CCN(C(=O)C=Cc3ccc(C)cc3)CC2)cc1. The Bertz CT molecular complexity index is 796. The van der Waals surface area contributed by atoms with Crippen LogP contribution in [-0.4, -0.2) is 47.8 Å². The van der Waals surface area contributed by atoms with Gasteiger partial charge in [-0.05, 0) is 37.1 Å². The fourth-order valence-electron chi connectivity index (χ4n) is 3.05. The highest BCUT2D eigenvalue weighted by atomic mass is 16.2. The van der Waals surface area contributed by atoms with Crippen LogP contribution in [0.1, 0.15) is 22.3 Å². The summed E-state index contributed by atoms with van der Waals surface area (Å²) >= 11 is 0. The van der Waals surface area contributed by atoms with E-state index in [2.05, 4.69) is 0 Å². The van der Waals surface area contributed by atoms with Crippen molar-refractivity contribution in [3.05, 3.63) is 82.9 Å². The highest BCUT2D eigenvalue weighted by molar-refractivity contribution is 5.93. The summed E-state index contributed by atoms with van der Waals surface area (Å²) in [5.74, 6) is -0.0225. The van der Waals surface area contributed by atoms with Crippen molar-refractivity contribution in [2.75, 3.05) is 26.2 Å². The Balaban J connectivity index is 1.49. The summed E-state index contributed by atoms with van der Waals surface area (Å²) in [4.78, 5) is 28.3. The van der Waals surface area contributed by atoms with Gasteiger partial charge in [0, 0.05) is 38.3 Å². The van der Waals surface area contributed by atoms with Crippen LogP contribution in [-0.2, 0) is 9.59 Å². The normalized spacial score (nSPS) is 14.8. The molecule has 1 heterocycles. The average molecular weight is 374 g/mol. The fourth-order valence-corrected chi connectivity index (χ4v) is 3.05. The molecule has 0 aromatic heterocycles. The van der Waals surface area contributed by atoms with Gasteiger partial charge in [0.25, 0.3) is 0 Å². The van der Waals surface area contributed by atoms with Crippen molar-refractivity contribution in [2.24, 2.45) is 0 Å². The molecule has 28 heavy (non-hydrogen) atoms. The molecule has 2 amide bonds. The zero-order valence-corrected chi connectivity index (χ0v) is 16.5. The van der Waals surface area contributed by atoms with E-state index in [1.807, 2.05) is 74.5 Å². The highest BCUT2D eigenvalue weighted by Crippen LogP contribution is 2.09. The summed E-state index contributed by atoms with van der Waals surface area (Å²) < 4.78 is 0. The summed E-state index contributed by atoms with van der Waals surface area (Å²) in [6.07, 6.45) is 6.89. The number of nitrogens with zero attached hydrogens (tertiary/aromatic N) is 2. The quantitative estimate of drug-likeness (QED) is 0.766. The number of amides is 2. The number of piperazine rings is 1. The topological polar surface area (TPSA) is 40.6 Å². The van der Waals surface area contributed by atoms with E-state index in [4.69, 9.17) is 0 Å². The molecule has 4 nitrogen and oxygen atoms in total. The predicted molar refractivity (Wildman–Crippen MR) is 114 cm³/mol. The Kier molecular flexibility index (Phi) is 6.43. The molecular weight excluding hydrogens is 348 g/mol. The molecule has 0 spiro atoms. The van der Waals surface area contributed by atoms with Gasteiger partial charge < -0.3 is 9.80 Å². The molecule has 1 fully saturated rings. The Morgan fingerprint density at radius 2 is 0.964 bits per heavy atom. The van der Waals surface area contributed by atoms with Gasteiger partial charge >= 0.3 is 0 Å². The number of carbonyl (C=O) groups excluding carboxylic acids is 2. The molecule has 0 N–H and O–H groups in total. The minimum Gasteiger partial charge on any atom is -0.336 e. The Hall–Kier alpha value is -3.14. The van der Waals surface area contributed by atoms with Gasteiger partial charge in [-0.25, -0.2) is 0 Å². The van der Waals surface area contributed by atoms with Crippen LogP contribution < -0.4 is 0 Å². The zero-order chi connectivity index (χ0) is 19.9. The van der Waals surface area contributed by atoms with Crippen molar-refractivity contribution < 1.29 is 9.59 Å². The van der Waals surface area contributed by atoms with Crippen LogP contribution in [0.4, 0.5) is 0 Å². The molecular formula is C24H26N2O2. The van der Waals surface area contributed by atoms with Gasteiger partial charge in [0.05, 0.1) is 0 Å². The van der Waals surface area contributed by atoms with Crippen LogP contribution >= 0.6 is 0 Å². The van der Waals surface area contributed by atoms with Gasteiger partial charge in [-0.15, -0.1) is 0 Å². The third-order valence-corrected chi connectivity index (χ3v) is 4.89. The van der Waals surface area contributed by atoms with E-state index in [1.165, 1.54) is 11.1 Å². The minimum absolute atomic E-state index is 0.0112. The molecule has 0 atom stereocenters. The Labute approximate surface area is 166 Å². The standard InChI is InChI=1S/C24H26N2O2/c1-19-3-7-21(8-4-19)11-13-23(27)25-15-17-26(18-16-25)24(28)14-12-22-9-5-20(2)6-10-22/h3-14H,15-18H2,1-2H3. The lowest BCUT2D eigenvalue weighted by atomic mass is 10.1. The van der Waals surface area contributed by atoms with Crippen molar-refractivity contribution in [3.63, 3.8) is 0 Å². The van der Waals surface area contributed by atoms with Crippen molar-refractivity contribution in [1.82, 2.24) is 9.80 Å². The van der Waals surface area contributed by atoms with E-state index >= 15 is 0 Å². The molecule has 1 saturated heterocycles. The molecule has 2 aromatic rings. The fraction of sp³-hybridized carbons (Fsp3) is 0.250. The zero-order valence-electron chi connectivity index (χ0n) is 16.5. The molecule has 3 rings (SSSR count). The maximum atomic E-state index is 12.4. The van der Waals surface area contributed by atoms with Crippen molar-refractivity contribution in [3.8, 4) is 0 Å². The van der Waals surface area contributed by atoms with Gasteiger partial charge in [-0.2, -0.15) is 0 Å². The van der Waals surface area contributed by atoms with Gasteiger partial charge in [-0.1, -0.05) is 59.7 Å². The summed E-state index contributed by atoms with van der Waals surface area (Å²) in [6, 6.07) is 16.1.